The van der Waals surface area contributed by atoms with Crippen molar-refractivity contribution in [1.29, 1.82) is 0 Å². The molecule has 2 aliphatic carbocycles. The van der Waals surface area contributed by atoms with Crippen molar-refractivity contribution in [3.05, 3.63) is 37.1 Å². The summed E-state index contributed by atoms with van der Waals surface area (Å²) in [6.45, 7) is 0. The lowest BCUT2D eigenvalue weighted by Crippen LogP contribution is -2.13. The lowest BCUT2D eigenvalue weighted by Gasteiger charge is -2.38. The Morgan fingerprint density at radius 3 is 2.00 bits per heavy atom. The van der Waals surface area contributed by atoms with Crippen molar-refractivity contribution in [2.45, 2.75) is 6.42 Å². The SMILES string of the molecule is C1=CC2[CH-]C=CC([CH-]1)C2. The number of allylic oxidation sites excluding steroid dienone is 4. The van der Waals surface area contributed by atoms with Gasteiger partial charge in [0.1, 0.15) is 0 Å². The van der Waals surface area contributed by atoms with E-state index >= 15 is 0 Å². The van der Waals surface area contributed by atoms with Gasteiger partial charge >= 0.3 is 0 Å². The first kappa shape index (κ1) is 5.04. The molecule has 0 radical (unpaired) electrons. The third-order valence-corrected chi connectivity index (χ3v) is 1.98. The summed E-state index contributed by atoms with van der Waals surface area (Å²) < 4.78 is 0. The predicted octanol–water partition coefficient (Wildman–Crippen LogP) is 2.16. The van der Waals surface area contributed by atoms with Gasteiger partial charge in [-0.1, -0.05) is 6.42 Å². The summed E-state index contributed by atoms with van der Waals surface area (Å²) in [7, 11) is 0. The van der Waals surface area contributed by atoms with Gasteiger partial charge in [-0.05, 0) is 0 Å². The highest BCUT2D eigenvalue weighted by Crippen LogP contribution is 2.29. The highest BCUT2D eigenvalue weighted by atomic mass is 14.2. The van der Waals surface area contributed by atoms with Crippen molar-refractivity contribution in [3.63, 3.8) is 0 Å². The van der Waals surface area contributed by atoms with Gasteiger partial charge in [0.25, 0.3) is 0 Å². The number of rotatable bonds is 0. The van der Waals surface area contributed by atoms with Crippen molar-refractivity contribution in [3.8, 4) is 0 Å². The number of fused-ring (bicyclic) bond motifs is 2. The lowest BCUT2D eigenvalue weighted by molar-refractivity contribution is 0.549. The first-order valence-electron chi connectivity index (χ1n) is 3.48. The van der Waals surface area contributed by atoms with Crippen LogP contribution in [0, 0.1) is 24.7 Å². The monoisotopic (exact) mass is 118 g/mol. The summed E-state index contributed by atoms with van der Waals surface area (Å²) in [5, 5.41) is 0. The van der Waals surface area contributed by atoms with E-state index in [1.54, 1.807) is 0 Å². The Bertz CT molecular complexity index is 135. The molecule has 0 aliphatic heterocycles. The van der Waals surface area contributed by atoms with E-state index in [2.05, 4.69) is 37.1 Å². The molecule has 0 heterocycles. The van der Waals surface area contributed by atoms with Gasteiger partial charge in [-0.25, -0.2) is 37.1 Å². The lowest BCUT2D eigenvalue weighted by atomic mass is 9.81. The minimum absolute atomic E-state index is 0.727. The molecular weight excluding hydrogens is 108 g/mol. The maximum atomic E-state index is 2.26. The van der Waals surface area contributed by atoms with Crippen LogP contribution in [0.3, 0.4) is 0 Å². The van der Waals surface area contributed by atoms with E-state index in [4.69, 9.17) is 0 Å². The second-order valence-electron chi connectivity index (χ2n) is 2.72. The molecule has 2 atom stereocenters. The van der Waals surface area contributed by atoms with Gasteiger partial charge in [0.05, 0.1) is 0 Å². The molecule has 0 fully saturated rings. The van der Waals surface area contributed by atoms with E-state index in [-0.39, 0.29) is 0 Å². The van der Waals surface area contributed by atoms with E-state index in [1.807, 2.05) is 0 Å². The van der Waals surface area contributed by atoms with E-state index in [1.165, 1.54) is 6.42 Å². The molecule has 0 saturated carbocycles. The van der Waals surface area contributed by atoms with E-state index in [9.17, 15) is 0 Å². The number of hydrogen-bond donors (Lipinski definition) is 0. The molecule has 0 aromatic rings. The van der Waals surface area contributed by atoms with Crippen LogP contribution in [0.1, 0.15) is 6.42 Å². The topological polar surface area (TPSA) is 0 Å². The van der Waals surface area contributed by atoms with Crippen LogP contribution in [0.15, 0.2) is 24.3 Å². The molecule has 2 bridgehead atoms. The maximum absolute atomic E-state index is 2.26. The smallest absolute Gasteiger partial charge is 0.0947 e. The molecule has 0 amide bonds. The van der Waals surface area contributed by atoms with Crippen LogP contribution in [0.5, 0.6) is 0 Å². The largest absolute Gasteiger partial charge is 0.240 e. The summed E-state index contributed by atoms with van der Waals surface area (Å²) in [5.74, 6) is 1.45. The fourth-order valence-electron chi connectivity index (χ4n) is 1.46. The Morgan fingerprint density at radius 2 is 1.56 bits per heavy atom. The van der Waals surface area contributed by atoms with Crippen LogP contribution < -0.4 is 0 Å². The van der Waals surface area contributed by atoms with Crippen LogP contribution in [-0.4, -0.2) is 0 Å². The van der Waals surface area contributed by atoms with Gasteiger partial charge in [0, 0.05) is 0 Å². The quantitative estimate of drug-likeness (QED) is 0.427. The molecule has 0 saturated heterocycles. The van der Waals surface area contributed by atoms with Crippen molar-refractivity contribution in [2.75, 3.05) is 0 Å². The van der Waals surface area contributed by atoms with Gasteiger partial charge < -0.3 is 0 Å². The third kappa shape index (κ3) is 0.849. The zero-order chi connectivity index (χ0) is 6.10. The van der Waals surface area contributed by atoms with Crippen molar-refractivity contribution in [2.24, 2.45) is 11.8 Å². The minimum atomic E-state index is 0.727. The van der Waals surface area contributed by atoms with Crippen molar-refractivity contribution in [1.82, 2.24) is 0 Å². The summed E-state index contributed by atoms with van der Waals surface area (Å²) in [5.41, 5.74) is 0. The van der Waals surface area contributed by atoms with Crippen LogP contribution in [0.2, 0.25) is 0 Å². The Hall–Kier alpha value is -0.780. The molecule has 2 rings (SSSR count). The van der Waals surface area contributed by atoms with Gasteiger partial charge in [-0.3, -0.25) is 0 Å². The molecule has 48 valence electrons. The van der Waals surface area contributed by atoms with Crippen molar-refractivity contribution >= 4 is 0 Å². The third-order valence-electron chi connectivity index (χ3n) is 1.98. The predicted molar refractivity (Wildman–Crippen MR) is 38.5 cm³/mol. The minimum Gasteiger partial charge on any atom is -0.240 e. The normalized spacial score (nSPS) is 37.3. The molecule has 9 heavy (non-hydrogen) atoms. The molecule has 0 aromatic carbocycles. The van der Waals surface area contributed by atoms with Gasteiger partial charge in [0.15, 0.2) is 0 Å². The molecule has 0 spiro atoms. The van der Waals surface area contributed by atoms with Gasteiger partial charge in [-0.15, -0.1) is 11.8 Å². The van der Waals surface area contributed by atoms with Crippen LogP contribution in [0.25, 0.3) is 0 Å². The standard InChI is InChI=1S/C9H10/c1-3-8-5-2-6-9(4-1)7-8/h1-6,8-9H,7H2/q-2. The average molecular weight is 118 g/mol. The summed E-state index contributed by atoms with van der Waals surface area (Å²) in [6.07, 6.45) is 14.7. The molecular formula is C9H10-2. The zero-order valence-electron chi connectivity index (χ0n) is 5.33. The second-order valence-corrected chi connectivity index (χ2v) is 2.72. The van der Waals surface area contributed by atoms with Gasteiger partial charge in [0.2, 0.25) is 0 Å². The Kier molecular flexibility index (Phi) is 1.05. The van der Waals surface area contributed by atoms with E-state index in [0.717, 1.165) is 11.8 Å². The number of hydrogen-bond acceptors (Lipinski definition) is 0. The van der Waals surface area contributed by atoms with Crippen LogP contribution in [0.4, 0.5) is 0 Å². The maximum Gasteiger partial charge on any atom is -0.0947 e. The summed E-state index contributed by atoms with van der Waals surface area (Å²) in [4.78, 5) is 0. The zero-order valence-corrected chi connectivity index (χ0v) is 5.33. The summed E-state index contributed by atoms with van der Waals surface area (Å²) >= 11 is 0. The first-order valence-corrected chi connectivity index (χ1v) is 3.48. The first-order chi connectivity index (χ1) is 4.45. The van der Waals surface area contributed by atoms with Crippen molar-refractivity contribution < 1.29 is 0 Å². The molecule has 0 N–H and O–H groups in total. The molecule has 2 aliphatic rings. The molecule has 0 nitrogen and oxygen atoms in total. The molecule has 0 heteroatoms. The van der Waals surface area contributed by atoms with Crippen LogP contribution >= 0.6 is 0 Å². The van der Waals surface area contributed by atoms with E-state index < -0.39 is 0 Å². The van der Waals surface area contributed by atoms with Crippen LogP contribution in [-0.2, 0) is 0 Å². The molecule has 2 unspecified atom stereocenters. The fraction of sp³-hybridized carbons (Fsp3) is 0.333. The Balaban J connectivity index is 2.20. The molecule has 0 aromatic heterocycles. The Labute approximate surface area is 56.3 Å². The van der Waals surface area contributed by atoms with Gasteiger partial charge in [-0.2, -0.15) is 0 Å². The average Bonchev–Trinajstić information content (AvgIpc) is 1.88. The highest BCUT2D eigenvalue weighted by Gasteiger charge is 2.04. The fourth-order valence-corrected chi connectivity index (χ4v) is 1.46. The highest BCUT2D eigenvalue weighted by molar-refractivity contribution is 5.22. The summed E-state index contributed by atoms with van der Waals surface area (Å²) in [6, 6.07) is 0. The van der Waals surface area contributed by atoms with E-state index in [0.29, 0.717) is 0 Å². The second kappa shape index (κ2) is 1.87. The Morgan fingerprint density at radius 1 is 1.00 bits per heavy atom.